The zero-order valence-electron chi connectivity index (χ0n) is 15.9. The molecule has 0 radical (unpaired) electrons. The van der Waals surface area contributed by atoms with Crippen molar-refractivity contribution in [1.82, 2.24) is 10.4 Å². The van der Waals surface area contributed by atoms with Crippen molar-refractivity contribution in [2.24, 2.45) is 5.92 Å². The number of halogens is 3. The van der Waals surface area contributed by atoms with E-state index in [1.165, 1.54) is 18.2 Å². The predicted octanol–water partition coefficient (Wildman–Crippen LogP) is 3.32. The fourth-order valence-electron chi connectivity index (χ4n) is 2.83. The maximum Gasteiger partial charge on any atom is 0.311 e. The number of esters is 1. The van der Waals surface area contributed by atoms with Gasteiger partial charge in [0.25, 0.3) is 11.8 Å². The zero-order valence-corrected chi connectivity index (χ0v) is 18.1. The van der Waals surface area contributed by atoms with Gasteiger partial charge in [-0.3, -0.25) is 29.6 Å². The van der Waals surface area contributed by atoms with Gasteiger partial charge in [0.1, 0.15) is 0 Å². The summed E-state index contributed by atoms with van der Waals surface area (Å²) in [4.78, 5) is 48.7. The second kappa shape index (κ2) is 10.00. The van der Waals surface area contributed by atoms with Crippen LogP contribution in [0.25, 0.3) is 0 Å². The van der Waals surface area contributed by atoms with Crippen LogP contribution in [-0.2, 0) is 19.1 Å². The number of amides is 3. The summed E-state index contributed by atoms with van der Waals surface area (Å²) < 4.78 is 5.00. The number of anilines is 1. The van der Waals surface area contributed by atoms with Crippen LogP contribution in [0.15, 0.2) is 42.5 Å². The van der Waals surface area contributed by atoms with Crippen molar-refractivity contribution >= 4 is 64.2 Å². The van der Waals surface area contributed by atoms with Crippen LogP contribution in [0.3, 0.4) is 0 Å². The molecule has 8 nitrogen and oxygen atoms in total. The summed E-state index contributed by atoms with van der Waals surface area (Å²) in [7, 11) is 0. The first-order valence-corrected chi connectivity index (χ1v) is 10.2. The molecule has 1 saturated heterocycles. The third kappa shape index (κ3) is 5.88. The van der Waals surface area contributed by atoms with E-state index in [0.717, 1.165) is 5.01 Å². The van der Waals surface area contributed by atoms with Crippen molar-refractivity contribution in [1.29, 1.82) is 0 Å². The van der Waals surface area contributed by atoms with Crippen LogP contribution in [0.5, 0.6) is 0 Å². The topological polar surface area (TPSA) is 105 Å². The van der Waals surface area contributed by atoms with E-state index in [1.807, 2.05) is 0 Å². The fourth-order valence-corrected chi connectivity index (χ4v) is 3.51. The maximum atomic E-state index is 12.3. The van der Waals surface area contributed by atoms with Gasteiger partial charge in [-0.25, -0.2) is 0 Å². The molecule has 31 heavy (non-hydrogen) atoms. The minimum atomic E-state index is -0.828. The van der Waals surface area contributed by atoms with Crippen LogP contribution in [-0.4, -0.2) is 41.9 Å². The molecule has 2 N–H and O–H groups in total. The van der Waals surface area contributed by atoms with Crippen molar-refractivity contribution < 1.29 is 23.9 Å². The van der Waals surface area contributed by atoms with Crippen molar-refractivity contribution in [3.8, 4) is 0 Å². The first kappa shape index (κ1) is 22.9. The molecule has 0 spiro atoms. The standard InChI is InChI=1S/C20H16Cl3N3O5/c21-12-5-6-16(15(23)8-12)24-17(27)10-31-20(30)11-7-18(28)26(9-11)25-19(29)13-3-1-2-4-14(13)22/h1-6,8,11H,7,9-10H2,(H,24,27)(H,25,29)/t11-/m0/s1. The Balaban J connectivity index is 1.50. The number of carbonyl (C=O) groups is 4. The average Bonchev–Trinajstić information content (AvgIpc) is 3.09. The number of ether oxygens (including phenoxy) is 1. The molecule has 11 heteroatoms. The van der Waals surface area contributed by atoms with Gasteiger partial charge in [0.2, 0.25) is 5.91 Å². The van der Waals surface area contributed by atoms with E-state index >= 15 is 0 Å². The summed E-state index contributed by atoms with van der Waals surface area (Å²) in [5.41, 5.74) is 2.94. The van der Waals surface area contributed by atoms with Crippen LogP contribution in [0.1, 0.15) is 16.8 Å². The van der Waals surface area contributed by atoms with Gasteiger partial charge in [0, 0.05) is 11.4 Å². The van der Waals surface area contributed by atoms with E-state index < -0.39 is 36.2 Å². The highest BCUT2D eigenvalue weighted by Gasteiger charge is 2.37. The summed E-state index contributed by atoms with van der Waals surface area (Å²) in [6.07, 6.45) is -0.160. The van der Waals surface area contributed by atoms with Gasteiger partial charge in [-0.1, -0.05) is 46.9 Å². The third-order valence-electron chi connectivity index (χ3n) is 4.36. The number of nitrogens with one attached hydrogen (secondary N) is 2. The molecule has 1 aliphatic heterocycles. The van der Waals surface area contributed by atoms with E-state index in [4.69, 9.17) is 39.5 Å². The van der Waals surface area contributed by atoms with Crippen molar-refractivity contribution in [3.63, 3.8) is 0 Å². The molecule has 1 aliphatic rings. The highest BCUT2D eigenvalue weighted by Crippen LogP contribution is 2.25. The highest BCUT2D eigenvalue weighted by atomic mass is 35.5. The van der Waals surface area contributed by atoms with E-state index in [9.17, 15) is 19.2 Å². The summed E-state index contributed by atoms with van der Waals surface area (Å²) in [5, 5.41) is 4.40. The Morgan fingerprint density at radius 1 is 1.06 bits per heavy atom. The predicted molar refractivity (Wildman–Crippen MR) is 115 cm³/mol. The Morgan fingerprint density at radius 3 is 2.52 bits per heavy atom. The average molecular weight is 485 g/mol. The molecule has 1 atom stereocenters. The molecule has 3 rings (SSSR count). The number of rotatable bonds is 6. The molecule has 1 fully saturated rings. The molecule has 2 aromatic rings. The van der Waals surface area contributed by atoms with Gasteiger partial charge in [-0.2, -0.15) is 0 Å². The Bertz CT molecular complexity index is 1050. The first-order valence-electron chi connectivity index (χ1n) is 9.02. The van der Waals surface area contributed by atoms with Gasteiger partial charge in [-0.05, 0) is 30.3 Å². The van der Waals surface area contributed by atoms with Gasteiger partial charge in [-0.15, -0.1) is 0 Å². The van der Waals surface area contributed by atoms with E-state index in [-0.39, 0.29) is 28.6 Å². The summed E-state index contributed by atoms with van der Waals surface area (Å²) in [5.74, 6) is -3.20. The number of hydrazine groups is 1. The number of nitrogens with zero attached hydrogens (tertiary/aromatic N) is 1. The van der Waals surface area contributed by atoms with Gasteiger partial charge in [0.05, 0.1) is 33.8 Å². The molecule has 0 unspecified atom stereocenters. The summed E-state index contributed by atoms with van der Waals surface area (Å²) in [6, 6.07) is 10.9. The van der Waals surface area contributed by atoms with Crippen LogP contribution >= 0.6 is 34.8 Å². The molecule has 1 heterocycles. The number of hydrogen-bond acceptors (Lipinski definition) is 5. The molecule has 0 bridgehead atoms. The lowest BCUT2D eigenvalue weighted by Crippen LogP contribution is -2.43. The fraction of sp³-hybridized carbons (Fsp3) is 0.200. The molecule has 0 aliphatic carbocycles. The number of carbonyl (C=O) groups excluding carboxylic acids is 4. The van der Waals surface area contributed by atoms with Crippen LogP contribution in [0.4, 0.5) is 5.69 Å². The van der Waals surface area contributed by atoms with Crippen LogP contribution in [0, 0.1) is 5.92 Å². The van der Waals surface area contributed by atoms with Crippen LogP contribution < -0.4 is 10.7 Å². The van der Waals surface area contributed by atoms with E-state index in [0.29, 0.717) is 10.7 Å². The van der Waals surface area contributed by atoms with Crippen molar-refractivity contribution in [2.45, 2.75) is 6.42 Å². The highest BCUT2D eigenvalue weighted by molar-refractivity contribution is 6.36. The van der Waals surface area contributed by atoms with Gasteiger partial charge in [0.15, 0.2) is 6.61 Å². The van der Waals surface area contributed by atoms with Crippen molar-refractivity contribution in [3.05, 3.63) is 63.1 Å². The van der Waals surface area contributed by atoms with E-state index in [1.54, 1.807) is 24.3 Å². The lowest BCUT2D eigenvalue weighted by molar-refractivity contribution is -0.151. The van der Waals surface area contributed by atoms with Gasteiger partial charge >= 0.3 is 5.97 Å². The first-order chi connectivity index (χ1) is 14.7. The van der Waals surface area contributed by atoms with E-state index in [2.05, 4.69) is 10.7 Å². The largest absolute Gasteiger partial charge is 0.455 e. The molecular formula is C20H16Cl3N3O5. The molecule has 162 valence electrons. The lowest BCUT2D eigenvalue weighted by atomic mass is 10.1. The zero-order chi connectivity index (χ0) is 22.5. The smallest absolute Gasteiger partial charge is 0.311 e. The Hall–Kier alpha value is -2.81. The van der Waals surface area contributed by atoms with Gasteiger partial charge < -0.3 is 10.1 Å². The molecule has 2 aromatic carbocycles. The Labute approximate surface area is 192 Å². The third-order valence-corrected chi connectivity index (χ3v) is 5.24. The SMILES string of the molecule is O=C(COC(=O)[C@H]1CC(=O)N(NC(=O)c2ccccc2Cl)C1)Nc1ccc(Cl)cc1Cl. The maximum absolute atomic E-state index is 12.3. The molecule has 0 aromatic heterocycles. The minimum absolute atomic E-state index is 0.0848. The summed E-state index contributed by atoms with van der Waals surface area (Å²) >= 11 is 17.7. The lowest BCUT2D eigenvalue weighted by Gasteiger charge is -2.18. The second-order valence-corrected chi connectivity index (χ2v) is 7.86. The quantitative estimate of drug-likeness (QED) is 0.612. The van der Waals surface area contributed by atoms with Crippen LogP contribution in [0.2, 0.25) is 15.1 Å². The molecule has 0 saturated carbocycles. The Kier molecular flexibility index (Phi) is 7.37. The normalized spacial score (nSPS) is 15.5. The number of hydrogen-bond donors (Lipinski definition) is 2. The van der Waals surface area contributed by atoms with Crippen molar-refractivity contribution in [2.75, 3.05) is 18.5 Å². The number of benzene rings is 2. The monoisotopic (exact) mass is 483 g/mol. The molecular weight excluding hydrogens is 469 g/mol. The second-order valence-electron chi connectivity index (χ2n) is 6.61. The Morgan fingerprint density at radius 2 is 1.81 bits per heavy atom. The molecule has 3 amide bonds. The minimum Gasteiger partial charge on any atom is -0.455 e. The summed E-state index contributed by atoms with van der Waals surface area (Å²) in [6.45, 7) is -0.646.